The van der Waals surface area contributed by atoms with Gasteiger partial charge in [0.05, 0.1) is 50.7 Å². The van der Waals surface area contributed by atoms with Crippen LogP contribution < -0.4 is 10.6 Å². The summed E-state index contributed by atoms with van der Waals surface area (Å²) in [7, 11) is 0. The average Bonchev–Trinajstić information content (AvgIpc) is 1.96. The van der Waals surface area contributed by atoms with E-state index in [1.54, 1.807) is 6.08 Å². The molecule has 3 aliphatic rings. The number of carbonyl (C=O) groups is 3. The van der Waals surface area contributed by atoms with Gasteiger partial charge in [0.15, 0.2) is 12.6 Å². The first-order valence-corrected chi connectivity index (χ1v) is 31.7. The molecule has 23 heteroatoms. The molecule has 0 aromatic carbocycles. The Morgan fingerprint density at radius 3 is 1.65 bits per heavy atom. The van der Waals surface area contributed by atoms with Gasteiger partial charge in [0.2, 0.25) is 11.8 Å². The maximum absolute atomic E-state index is 13.3. The van der Waals surface area contributed by atoms with E-state index in [2.05, 4.69) is 36.6 Å². The summed E-state index contributed by atoms with van der Waals surface area (Å²) >= 11 is 0. The summed E-state index contributed by atoms with van der Waals surface area (Å²) in [6, 6.07) is -2.62. The van der Waals surface area contributed by atoms with Crippen LogP contribution in [0.1, 0.15) is 207 Å². The van der Waals surface area contributed by atoms with Gasteiger partial charge >= 0.3 is 5.97 Å². The predicted molar refractivity (Wildman–Crippen MR) is 311 cm³/mol. The van der Waals surface area contributed by atoms with Crippen molar-refractivity contribution in [3.05, 3.63) is 24.3 Å². The molecule has 3 aliphatic heterocycles. The number of aliphatic hydroxyl groups excluding tert-OH is 11. The number of unbranched alkanes of at least 4 members (excludes halogenated alkanes) is 24. The van der Waals surface area contributed by atoms with E-state index in [4.69, 9.17) is 28.4 Å². The largest absolute Gasteiger partial charge is 0.477 e. The maximum atomic E-state index is 13.3. The van der Waals surface area contributed by atoms with Crippen LogP contribution in [0.25, 0.3) is 0 Å². The van der Waals surface area contributed by atoms with E-state index in [0.29, 0.717) is 12.8 Å². The number of carboxylic acids is 1. The number of ether oxygens (including phenoxy) is 6. The monoisotopic (exact) mass is 1210 g/mol. The molecular weight excluding hydrogens is 1100 g/mol. The summed E-state index contributed by atoms with van der Waals surface area (Å²) in [5, 5.41) is 135. The van der Waals surface area contributed by atoms with Gasteiger partial charge < -0.3 is 100 Å². The van der Waals surface area contributed by atoms with Gasteiger partial charge in [0.25, 0.3) is 5.79 Å². The van der Waals surface area contributed by atoms with Crippen molar-refractivity contribution in [3.63, 3.8) is 0 Å². The minimum absolute atomic E-state index is 0.189. The summed E-state index contributed by atoms with van der Waals surface area (Å²) in [5.74, 6) is -6.16. The minimum atomic E-state index is -3.08. The Hall–Kier alpha value is -2.79. The lowest BCUT2D eigenvalue weighted by Gasteiger charge is -2.50. The Kier molecular flexibility index (Phi) is 38.6. The molecule has 2 amide bonds. The summed E-state index contributed by atoms with van der Waals surface area (Å²) < 4.78 is 34.7. The zero-order valence-electron chi connectivity index (χ0n) is 50.5. The molecule has 0 aromatic rings. The van der Waals surface area contributed by atoms with Gasteiger partial charge in [-0.1, -0.05) is 173 Å². The van der Waals surface area contributed by atoms with E-state index >= 15 is 0 Å². The number of carbonyl (C=O) groups excluding carboxylic acids is 2. The smallest absolute Gasteiger partial charge is 0.364 e. The third kappa shape index (κ3) is 26.5. The molecule has 0 saturated carbocycles. The molecule has 3 rings (SSSR count). The van der Waals surface area contributed by atoms with Crippen LogP contribution in [0, 0.1) is 0 Å². The van der Waals surface area contributed by atoms with Crippen LogP contribution in [0.2, 0.25) is 0 Å². The van der Waals surface area contributed by atoms with Gasteiger partial charge in [-0.2, -0.15) is 0 Å². The van der Waals surface area contributed by atoms with E-state index in [1.165, 1.54) is 96.3 Å². The van der Waals surface area contributed by atoms with Gasteiger partial charge in [-0.05, 0) is 38.5 Å². The van der Waals surface area contributed by atoms with Gasteiger partial charge in [-0.25, -0.2) is 4.79 Å². The first-order chi connectivity index (χ1) is 40.4. The fourth-order valence-corrected chi connectivity index (χ4v) is 11.0. The standard InChI is InChI=1S/C61H110N2O21/c1-4-6-8-10-12-14-16-17-18-19-20-21-22-23-25-26-28-30-32-34-43(68)42(63-48(71)35-33-31-29-27-24-15-13-11-9-7-5-2)40-79-58-53(75)52(74)55(47(39-66)81-58)82-59-54(76)57(51(73)46(38-65)80-59)84-61(60(77)78)36-44(69)49(62-41(3)67)56(83-61)50(72)45(70)37-64/h11,13,32,34,42-47,49-59,64-66,68-70,72-76H,4-10,12,14-31,33,35-40H2,1-3H3,(H,62,67)(H,63,71)(H,77,78)/b13-11-,34-32+. The Labute approximate surface area is 498 Å². The fraction of sp³-hybridized carbons (Fsp3) is 0.885. The van der Waals surface area contributed by atoms with Crippen molar-refractivity contribution >= 4 is 17.8 Å². The van der Waals surface area contributed by atoms with E-state index in [0.717, 1.165) is 71.1 Å². The highest BCUT2D eigenvalue weighted by atomic mass is 16.8. The van der Waals surface area contributed by atoms with Gasteiger partial charge in [-0.15, -0.1) is 0 Å². The lowest BCUT2D eigenvalue weighted by atomic mass is 9.88. The van der Waals surface area contributed by atoms with E-state index < -0.39 is 155 Å². The lowest BCUT2D eigenvalue weighted by molar-refractivity contribution is -0.386. The van der Waals surface area contributed by atoms with Crippen molar-refractivity contribution in [2.24, 2.45) is 0 Å². The zero-order valence-corrected chi connectivity index (χ0v) is 50.5. The van der Waals surface area contributed by atoms with Crippen LogP contribution in [0.5, 0.6) is 0 Å². The van der Waals surface area contributed by atoms with Gasteiger partial charge in [0.1, 0.15) is 67.1 Å². The second kappa shape index (κ2) is 43.0. The molecule has 0 aromatic heterocycles. The maximum Gasteiger partial charge on any atom is 0.364 e. The van der Waals surface area contributed by atoms with E-state index in [-0.39, 0.29) is 12.3 Å². The predicted octanol–water partition coefficient (Wildman–Crippen LogP) is 3.72. The molecule has 18 unspecified atom stereocenters. The van der Waals surface area contributed by atoms with Gasteiger partial charge in [0, 0.05) is 19.8 Å². The number of aliphatic carboxylic acids is 1. The highest BCUT2D eigenvalue weighted by Gasteiger charge is 2.60. The Morgan fingerprint density at radius 1 is 0.619 bits per heavy atom. The molecule has 3 fully saturated rings. The SMILES string of the molecule is CCCC/C=C\CCCCCCCC(=O)NC(COC1OC(CO)C(OC2OC(CO)C(O)C(OC3(C(=O)O)CC(O)C(NC(C)=O)C(C(O)C(O)CO)O3)C2O)C(O)C1O)C(O)/C=C/CCCCCCCCCCCCCCCCCCC. The summed E-state index contributed by atoms with van der Waals surface area (Å²) in [5.41, 5.74) is 0. The highest BCUT2D eigenvalue weighted by molar-refractivity contribution is 5.77. The van der Waals surface area contributed by atoms with Crippen molar-refractivity contribution in [2.75, 3.05) is 26.4 Å². The van der Waals surface area contributed by atoms with Crippen LogP contribution in [0.4, 0.5) is 0 Å². The summed E-state index contributed by atoms with van der Waals surface area (Å²) in [4.78, 5) is 38.4. The van der Waals surface area contributed by atoms with Crippen LogP contribution in [0.15, 0.2) is 24.3 Å². The summed E-state index contributed by atoms with van der Waals surface area (Å²) in [6.07, 6.45) is 9.63. The number of allylic oxidation sites excluding steroid dienone is 3. The molecule has 0 spiro atoms. The zero-order chi connectivity index (χ0) is 61.9. The quantitative estimate of drug-likeness (QED) is 0.0305. The number of carboxylic acid groups (broad SMARTS) is 1. The van der Waals surface area contributed by atoms with Gasteiger partial charge in [-0.3, -0.25) is 9.59 Å². The number of rotatable bonds is 46. The molecule has 18 atom stereocenters. The Morgan fingerprint density at radius 2 is 1.13 bits per heavy atom. The number of nitrogens with one attached hydrogen (secondary N) is 2. The molecule has 84 heavy (non-hydrogen) atoms. The number of hydrogen-bond acceptors (Lipinski definition) is 20. The van der Waals surface area contributed by atoms with Crippen LogP contribution in [0.3, 0.4) is 0 Å². The normalized spacial score (nSPS) is 29.9. The molecule has 0 bridgehead atoms. The average molecular weight is 1210 g/mol. The first kappa shape index (κ1) is 75.5. The molecule has 490 valence electrons. The first-order valence-electron chi connectivity index (χ1n) is 31.7. The Balaban J connectivity index is 1.64. The Bertz CT molecular complexity index is 1820. The van der Waals surface area contributed by atoms with E-state index in [9.17, 15) is 75.7 Å². The fourth-order valence-electron chi connectivity index (χ4n) is 11.0. The highest BCUT2D eigenvalue weighted by Crippen LogP contribution is 2.38. The molecular formula is C61H110N2O21. The van der Waals surface area contributed by atoms with Crippen LogP contribution in [-0.4, -0.2) is 215 Å². The number of aliphatic hydroxyl groups is 11. The van der Waals surface area contributed by atoms with Crippen molar-refractivity contribution in [3.8, 4) is 0 Å². The van der Waals surface area contributed by atoms with Crippen molar-refractivity contribution in [2.45, 2.75) is 317 Å². The van der Waals surface area contributed by atoms with Crippen LogP contribution in [-0.2, 0) is 42.8 Å². The van der Waals surface area contributed by atoms with Crippen LogP contribution >= 0.6 is 0 Å². The van der Waals surface area contributed by atoms with Crippen molar-refractivity contribution < 1.29 is 104 Å². The van der Waals surface area contributed by atoms with E-state index in [1.807, 2.05) is 6.08 Å². The molecule has 23 nitrogen and oxygen atoms in total. The second-order valence-corrected chi connectivity index (χ2v) is 23.3. The van der Waals surface area contributed by atoms with Crippen molar-refractivity contribution in [1.82, 2.24) is 10.6 Å². The molecule has 14 N–H and O–H groups in total. The topological polar surface area (TPSA) is 373 Å². The third-order valence-electron chi connectivity index (χ3n) is 16.1. The number of amides is 2. The lowest BCUT2D eigenvalue weighted by Crippen LogP contribution is -2.70. The second-order valence-electron chi connectivity index (χ2n) is 23.3. The molecule has 3 heterocycles. The molecule has 0 radical (unpaired) electrons. The summed E-state index contributed by atoms with van der Waals surface area (Å²) in [6.45, 7) is 2.06. The minimum Gasteiger partial charge on any atom is -0.477 e. The molecule has 3 saturated heterocycles. The molecule has 0 aliphatic carbocycles. The van der Waals surface area contributed by atoms with Crippen molar-refractivity contribution in [1.29, 1.82) is 0 Å². The number of hydrogen-bond donors (Lipinski definition) is 14. The third-order valence-corrected chi connectivity index (χ3v) is 16.1.